The summed E-state index contributed by atoms with van der Waals surface area (Å²) in [5.41, 5.74) is 3.39. The second kappa shape index (κ2) is 7.00. The zero-order valence-corrected chi connectivity index (χ0v) is 14.9. The van der Waals surface area contributed by atoms with Gasteiger partial charge in [-0.05, 0) is 31.0 Å². The van der Waals surface area contributed by atoms with Crippen LogP contribution in [0.25, 0.3) is 5.69 Å². The van der Waals surface area contributed by atoms with E-state index in [1.807, 2.05) is 0 Å². The molecule has 130 valence electrons. The van der Waals surface area contributed by atoms with Crippen molar-refractivity contribution in [3.63, 3.8) is 0 Å². The van der Waals surface area contributed by atoms with Crippen molar-refractivity contribution in [2.24, 2.45) is 0 Å². The summed E-state index contributed by atoms with van der Waals surface area (Å²) in [6.45, 7) is 7.27. The first-order valence-corrected chi connectivity index (χ1v) is 9.75. The van der Waals surface area contributed by atoms with Gasteiger partial charge in [-0.3, -0.25) is 4.90 Å². The first-order valence-electron chi connectivity index (χ1n) is 8.14. The molecular weight excluding hydrogens is 326 g/mol. The van der Waals surface area contributed by atoms with Crippen molar-refractivity contribution in [1.82, 2.24) is 24.0 Å². The topological polar surface area (TPSA) is 71.3 Å². The van der Waals surface area contributed by atoms with Gasteiger partial charge in [0.05, 0.1) is 11.4 Å². The van der Waals surface area contributed by atoms with E-state index in [9.17, 15) is 8.42 Å². The first-order chi connectivity index (χ1) is 11.5. The monoisotopic (exact) mass is 349 g/mol. The predicted octanol–water partition coefficient (Wildman–Crippen LogP) is 1.04. The fraction of sp³-hybridized carbons (Fsp3) is 0.500. The van der Waals surface area contributed by atoms with Gasteiger partial charge in [0.15, 0.2) is 0 Å². The molecule has 0 unspecified atom stereocenters. The smallest absolute Gasteiger partial charge is 0.213 e. The molecule has 1 saturated heterocycles. The van der Waals surface area contributed by atoms with Gasteiger partial charge in [0.1, 0.15) is 12.7 Å². The van der Waals surface area contributed by atoms with E-state index in [2.05, 4.69) is 40.1 Å². The Morgan fingerprint density at radius 2 is 1.92 bits per heavy atom. The van der Waals surface area contributed by atoms with E-state index in [4.69, 9.17) is 0 Å². The fourth-order valence-electron chi connectivity index (χ4n) is 3.01. The lowest BCUT2D eigenvalue weighted by molar-refractivity contribution is 0.181. The average molecular weight is 349 g/mol. The molecule has 1 aromatic carbocycles. The van der Waals surface area contributed by atoms with E-state index in [0.29, 0.717) is 13.1 Å². The van der Waals surface area contributed by atoms with E-state index >= 15 is 0 Å². The number of piperazine rings is 1. The van der Waals surface area contributed by atoms with Gasteiger partial charge in [0, 0.05) is 32.7 Å². The summed E-state index contributed by atoms with van der Waals surface area (Å²) in [5.74, 6) is 0.177. The SMILES string of the molecule is CCS(=O)(=O)N1CCN(Cc2ccc(-n3cncn3)c(C)c2)CC1. The highest BCUT2D eigenvalue weighted by Gasteiger charge is 2.25. The summed E-state index contributed by atoms with van der Waals surface area (Å²) in [6, 6.07) is 6.31. The van der Waals surface area contributed by atoms with Crippen molar-refractivity contribution in [2.45, 2.75) is 20.4 Å². The van der Waals surface area contributed by atoms with Crippen molar-refractivity contribution < 1.29 is 8.42 Å². The lowest BCUT2D eigenvalue weighted by atomic mass is 10.1. The van der Waals surface area contributed by atoms with Gasteiger partial charge in [-0.1, -0.05) is 12.1 Å². The van der Waals surface area contributed by atoms with Crippen LogP contribution in [0.5, 0.6) is 0 Å². The minimum absolute atomic E-state index is 0.177. The van der Waals surface area contributed by atoms with Crippen LogP contribution < -0.4 is 0 Å². The molecule has 2 heterocycles. The van der Waals surface area contributed by atoms with Crippen LogP contribution in [0.3, 0.4) is 0 Å². The molecule has 0 atom stereocenters. The molecule has 7 nitrogen and oxygen atoms in total. The van der Waals surface area contributed by atoms with E-state index in [-0.39, 0.29) is 5.75 Å². The summed E-state index contributed by atoms with van der Waals surface area (Å²) >= 11 is 0. The van der Waals surface area contributed by atoms with Gasteiger partial charge in [-0.2, -0.15) is 9.40 Å². The van der Waals surface area contributed by atoms with Crippen LogP contribution in [-0.2, 0) is 16.6 Å². The molecule has 1 aromatic heterocycles. The number of rotatable bonds is 5. The third kappa shape index (κ3) is 3.66. The molecule has 0 spiro atoms. The minimum Gasteiger partial charge on any atom is -0.296 e. The summed E-state index contributed by atoms with van der Waals surface area (Å²) in [4.78, 5) is 6.28. The maximum Gasteiger partial charge on any atom is 0.213 e. The quantitative estimate of drug-likeness (QED) is 0.807. The third-order valence-corrected chi connectivity index (χ3v) is 6.30. The molecule has 0 radical (unpaired) electrons. The second-order valence-corrected chi connectivity index (χ2v) is 8.29. The van der Waals surface area contributed by atoms with E-state index in [0.717, 1.165) is 30.9 Å². The molecule has 1 aliphatic rings. The molecule has 1 fully saturated rings. The number of hydrogen-bond acceptors (Lipinski definition) is 5. The standard InChI is InChI=1S/C16H23N5O2S/c1-3-24(22,23)20-8-6-19(7-9-20)11-15-4-5-16(14(2)10-15)21-13-17-12-18-21/h4-5,10,12-13H,3,6-9,11H2,1-2H3. The Bertz CT molecular complexity index is 781. The van der Waals surface area contributed by atoms with Crippen molar-refractivity contribution in [2.75, 3.05) is 31.9 Å². The first kappa shape index (κ1) is 17.1. The zero-order chi connectivity index (χ0) is 17.2. The van der Waals surface area contributed by atoms with Crippen molar-refractivity contribution >= 4 is 10.0 Å². The van der Waals surface area contributed by atoms with Gasteiger partial charge in [-0.25, -0.2) is 18.1 Å². The van der Waals surface area contributed by atoms with Crippen molar-refractivity contribution in [3.8, 4) is 5.69 Å². The Morgan fingerprint density at radius 1 is 1.17 bits per heavy atom. The van der Waals surface area contributed by atoms with Crippen molar-refractivity contribution in [1.29, 1.82) is 0 Å². The Labute approximate surface area is 143 Å². The fourth-order valence-corrected chi connectivity index (χ4v) is 4.10. The molecule has 8 heteroatoms. The van der Waals surface area contributed by atoms with Gasteiger partial charge < -0.3 is 0 Å². The van der Waals surface area contributed by atoms with Crippen LogP contribution in [0.15, 0.2) is 30.9 Å². The highest BCUT2D eigenvalue weighted by atomic mass is 32.2. The third-order valence-electron chi connectivity index (χ3n) is 4.42. The average Bonchev–Trinajstić information content (AvgIpc) is 3.10. The van der Waals surface area contributed by atoms with Crippen LogP contribution in [0.2, 0.25) is 0 Å². The molecule has 0 saturated carbocycles. The molecule has 2 aromatic rings. The van der Waals surface area contributed by atoms with E-state index < -0.39 is 10.0 Å². The Balaban J connectivity index is 1.63. The molecule has 3 rings (SSSR count). The molecule has 1 aliphatic heterocycles. The number of hydrogen-bond donors (Lipinski definition) is 0. The molecule has 0 aliphatic carbocycles. The predicted molar refractivity (Wildman–Crippen MR) is 92.4 cm³/mol. The Morgan fingerprint density at radius 3 is 2.50 bits per heavy atom. The second-order valence-electron chi connectivity index (χ2n) is 6.04. The van der Waals surface area contributed by atoms with Crippen LogP contribution in [0.4, 0.5) is 0 Å². The molecule has 0 N–H and O–H groups in total. The molecule has 0 amide bonds. The minimum atomic E-state index is -3.06. The number of aromatic nitrogens is 3. The van der Waals surface area contributed by atoms with Crippen LogP contribution in [0, 0.1) is 6.92 Å². The largest absolute Gasteiger partial charge is 0.296 e. The lowest BCUT2D eigenvalue weighted by Crippen LogP contribution is -2.48. The van der Waals surface area contributed by atoms with Crippen molar-refractivity contribution in [3.05, 3.63) is 42.0 Å². The van der Waals surface area contributed by atoms with Crippen LogP contribution in [0.1, 0.15) is 18.1 Å². The van der Waals surface area contributed by atoms with Crippen LogP contribution >= 0.6 is 0 Å². The van der Waals surface area contributed by atoms with Gasteiger partial charge in [0.25, 0.3) is 0 Å². The highest BCUT2D eigenvalue weighted by molar-refractivity contribution is 7.89. The van der Waals surface area contributed by atoms with E-state index in [1.165, 1.54) is 11.9 Å². The lowest BCUT2D eigenvalue weighted by Gasteiger charge is -2.33. The number of nitrogens with zero attached hydrogens (tertiary/aromatic N) is 5. The van der Waals surface area contributed by atoms with Gasteiger partial charge >= 0.3 is 0 Å². The zero-order valence-electron chi connectivity index (χ0n) is 14.1. The number of benzene rings is 1. The van der Waals surface area contributed by atoms with Gasteiger partial charge in [0.2, 0.25) is 10.0 Å². The van der Waals surface area contributed by atoms with Crippen LogP contribution in [-0.4, -0.2) is 64.3 Å². The Kier molecular flexibility index (Phi) is 4.98. The maximum atomic E-state index is 11.9. The molecule has 0 bridgehead atoms. The summed E-state index contributed by atoms with van der Waals surface area (Å²) < 4.78 is 27.2. The number of sulfonamides is 1. The normalized spacial score (nSPS) is 17.2. The summed E-state index contributed by atoms with van der Waals surface area (Å²) in [5, 5.41) is 4.16. The Hall–Kier alpha value is -1.77. The molecular formula is C16H23N5O2S. The number of aryl methyl sites for hydroxylation is 1. The van der Waals surface area contributed by atoms with Gasteiger partial charge in [-0.15, -0.1) is 0 Å². The highest BCUT2D eigenvalue weighted by Crippen LogP contribution is 2.17. The summed E-state index contributed by atoms with van der Waals surface area (Å²) in [6.07, 6.45) is 3.21. The van der Waals surface area contributed by atoms with E-state index in [1.54, 1.807) is 22.2 Å². The maximum absolute atomic E-state index is 11.9. The molecule has 24 heavy (non-hydrogen) atoms. The summed E-state index contributed by atoms with van der Waals surface area (Å²) in [7, 11) is -3.06.